The second-order valence-corrected chi connectivity index (χ2v) is 11.6. The van der Waals surface area contributed by atoms with Crippen molar-refractivity contribution in [1.82, 2.24) is 19.8 Å². The van der Waals surface area contributed by atoms with Gasteiger partial charge in [-0.15, -0.1) is 0 Å². The molecule has 1 atom stereocenters. The van der Waals surface area contributed by atoms with Gasteiger partial charge in [0.25, 0.3) is 5.91 Å². The fraction of sp³-hybridized carbons (Fsp3) is 0.344. The van der Waals surface area contributed by atoms with Gasteiger partial charge in [0.1, 0.15) is 11.3 Å². The molecule has 8 nitrogen and oxygen atoms in total. The highest BCUT2D eigenvalue weighted by Crippen LogP contribution is 2.34. The Labute approximate surface area is 258 Å². The van der Waals surface area contributed by atoms with Crippen LogP contribution in [-0.2, 0) is 30.3 Å². The number of likely N-dealkylation sites (N-methyl/N-ethyl adjacent to an activating group) is 1. The lowest BCUT2D eigenvalue weighted by Gasteiger charge is -2.22. The molecule has 4 aromatic rings. The van der Waals surface area contributed by atoms with Crippen molar-refractivity contribution in [2.45, 2.75) is 38.0 Å². The fourth-order valence-electron chi connectivity index (χ4n) is 5.48. The number of nitrogens with zero attached hydrogens (tertiary/aromatic N) is 3. The van der Waals surface area contributed by atoms with Crippen LogP contribution in [0.1, 0.15) is 49.5 Å². The van der Waals surface area contributed by atoms with Crippen molar-refractivity contribution in [1.29, 1.82) is 0 Å². The third-order valence-electron chi connectivity index (χ3n) is 7.97. The van der Waals surface area contributed by atoms with Crippen LogP contribution in [0.15, 0.2) is 54.7 Å². The molecule has 1 aliphatic rings. The lowest BCUT2D eigenvalue weighted by Crippen LogP contribution is -2.31. The first-order valence-corrected chi connectivity index (χ1v) is 14.5. The molecule has 0 radical (unpaired) electrons. The fourth-order valence-corrected chi connectivity index (χ4v) is 5.69. The van der Waals surface area contributed by atoms with Crippen LogP contribution >= 0.6 is 11.6 Å². The average Bonchev–Trinajstić information content (AvgIpc) is 3.64. The van der Waals surface area contributed by atoms with Crippen LogP contribution in [0, 0.1) is 0 Å². The Morgan fingerprint density at radius 3 is 2.61 bits per heavy atom. The third kappa shape index (κ3) is 7.23. The summed E-state index contributed by atoms with van der Waals surface area (Å²) in [4.78, 5) is 36.3. The predicted molar refractivity (Wildman–Crippen MR) is 163 cm³/mol. The van der Waals surface area contributed by atoms with E-state index in [2.05, 4.69) is 20.2 Å². The van der Waals surface area contributed by atoms with Crippen molar-refractivity contribution >= 4 is 40.2 Å². The van der Waals surface area contributed by atoms with Crippen molar-refractivity contribution in [3.05, 3.63) is 93.3 Å². The topological polar surface area (TPSA) is 90.6 Å². The summed E-state index contributed by atoms with van der Waals surface area (Å²) in [6, 6.07) is 12.6. The highest BCUT2D eigenvalue weighted by molar-refractivity contribution is 6.31. The zero-order valence-electron chi connectivity index (χ0n) is 24.6. The Bertz CT molecular complexity index is 1690. The van der Waals surface area contributed by atoms with E-state index in [0.717, 1.165) is 35.5 Å². The van der Waals surface area contributed by atoms with Gasteiger partial charge in [0.15, 0.2) is 0 Å². The second-order valence-electron chi connectivity index (χ2n) is 11.2. The van der Waals surface area contributed by atoms with E-state index in [1.54, 1.807) is 30.5 Å². The van der Waals surface area contributed by atoms with E-state index in [4.69, 9.17) is 16.3 Å². The number of benzene rings is 2. The summed E-state index contributed by atoms with van der Waals surface area (Å²) < 4.78 is 46.9. The highest BCUT2D eigenvalue weighted by atomic mass is 35.5. The van der Waals surface area contributed by atoms with E-state index >= 15 is 0 Å². The molecule has 0 spiro atoms. The quantitative estimate of drug-likeness (QED) is 0.215. The van der Waals surface area contributed by atoms with Crippen LogP contribution in [0.25, 0.3) is 11.0 Å². The number of carbonyl (C=O) groups excluding carboxylic acids is 2. The van der Waals surface area contributed by atoms with Crippen molar-refractivity contribution < 1.29 is 27.5 Å². The van der Waals surface area contributed by atoms with E-state index in [9.17, 15) is 22.8 Å². The number of anilines is 1. The van der Waals surface area contributed by atoms with Gasteiger partial charge in [0, 0.05) is 53.5 Å². The molecular weight excluding hydrogens is 595 g/mol. The maximum atomic E-state index is 14.1. The lowest BCUT2D eigenvalue weighted by atomic mass is 10.0. The van der Waals surface area contributed by atoms with Crippen molar-refractivity contribution in [3.63, 3.8) is 0 Å². The van der Waals surface area contributed by atoms with Gasteiger partial charge in [-0.1, -0.05) is 17.7 Å². The minimum atomic E-state index is -4.60. The number of hydrogen-bond acceptors (Lipinski definition) is 6. The first kappa shape index (κ1) is 31.5. The van der Waals surface area contributed by atoms with Gasteiger partial charge in [-0.25, -0.2) is 9.78 Å². The van der Waals surface area contributed by atoms with Crippen molar-refractivity contribution in [2.24, 2.45) is 0 Å². The van der Waals surface area contributed by atoms with Gasteiger partial charge in [0.05, 0.1) is 12.7 Å². The molecule has 1 saturated heterocycles. The summed E-state index contributed by atoms with van der Waals surface area (Å²) in [7, 11) is 5.24. The number of carbonyl (C=O) groups is 2. The number of aryl methyl sites for hydroxylation is 2. The number of H-pyrrole nitrogens is 1. The maximum absolute atomic E-state index is 14.1. The molecule has 1 fully saturated rings. The summed E-state index contributed by atoms with van der Waals surface area (Å²) in [5.74, 6) is -1.13. The van der Waals surface area contributed by atoms with Gasteiger partial charge >= 0.3 is 12.1 Å². The first-order chi connectivity index (χ1) is 20.9. The van der Waals surface area contributed by atoms with E-state index in [-0.39, 0.29) is 17.7 Å². The Balaban J connectivity index is 1.27. The molecule has 0 aliphatic carbocycles. The van der Waals surface area contributed by atoms with Crippen LogP contribution in [0.2, 0.25) is 5.02 Å². The number of aromatic nitrogens is 2. The Hall–Kier alpha value is -3.93. The molecule has 0 saturated carbocycles. The summed E-state index contributed by atoms with van der Waals surface area (Å²) in [6.07, 6.45) is -0.914. The molecule has 2 aromatic carbocycles. The van der Waals surface area contributed by atoms with Crippen LogP contribution < -0.4 is 5.32 Å². The van der Waals surface area contributed by atoms with E-state index in [1.807, 2.05) is 25.1 Å². The van der Waals surface area contributed by atoms with Crippen LogP contribution in [0.4, 0.5) is 18.9 Å². The maximum Gasteiger partial charge on any atom is 0.416 e. The highest BCUT2D eigenvalue weighted by Gasteiger charge is 2.35. The normalized spacial score (nSPS) is 15.7. The van der Waals surface area contributed by atoms with Crippen LogP contribution in [0.3, 0.4) is 0 Å². The van der Waals surface area contributed by atoms with E-state index < -0.39 is 23.6 Å². The monoisotopic (exact) mass is 627 g/mol. The number of hydrogen-bond donors (Lipinski definition) is 2. The molecule has 232 valence electrons. The molecule has 3 heterocycles. The minimum absolute atomic E-state index is 0.0811. The molecule has 12 heteroatoms. The zero-order chi connectivity index (χ0) is 31.6. The Kier molecular flexibility index (Phi) is 9.28. The average molecular weight is 628 g/mol. The number of fused-ring (bicyclic) bond motifs is 1. The molecule has 1 aliphatic heterocycles. The van der Waals surface area contributed by atoms with Gasteiger partial charge in [-0.3, -0.25) is 9.69 Å². The number of esters is 1. The standard InChI is InChI=1S/C32H33ClF3N5O3/c1-40(2)25-10-11-41(18-25)17-22-7-6-21(14-26(22)32(34,35)36)30(42)38-24-8-9-27(33)20(13-24)5-4-19-12-23-15-28(31(43)44-3)39-29(23)37-16-19/h6-9,12-16,25H,4-5,10-11,17-18H2,1-3H3,(H,37,39)(H,38,42). The zero-order valence-corrected chi connectivity index (χ0v) is 25.4. The minimum Gasteiger partial charge on any atom is -0.464 e. The van der Waals surface area contributed by atoms with Gasteiger partial charge in [-0.05, 0) is 92.5 Å². The number of aromatic amines is 1. The molecule has 2 aromatic heterocycles. The summed E-state index contributed by atoms with van der Waals surface area (Å²) in [5, 5.41) is 3.97. The summed E-state index contributed by atoms with van der Waals surface area (Å²) in [6.45, 7) is 1.58. The summed E-state index contributed by atoms with van der Waals surface area (Å²) in [5.41, 5.74) is 2.21. The number of likely N-dealkylation sites (tertiary alicyclic amines) is 1. The molecule has 1 unspecified atom stereocenters. The molecule has 0 bridgehead atoms. The molecular formula is C32H33ClF3N5O3. The largest absolute Gasteiger partial charge is 0.464 e. The number of methoxy groups -OCH3 is 1. The molecule has 44 heavy (non-hydrogen) atoms. The Morgan fingerprint density at radius 2 is 1.91 bits per heavy atom. The SMILES string of the molecule is COC(=O)c1cc2cc(CCc3cc(NC(=O)c4ccc(CN5CCC(N(C)C)C5)c(C(F)(F)F)c4)ccc3Cl)cnc2[nH]1. The number of ether oxygens (including phenoxy) is 1. The van der Waals surface area contributed by atoms with E-state index in [1.165, 1.54) is 19.2 Å². The van der Waals surface area contributed by atoms with Gasteiger partial charge in [-0.2, -0.15) is 13.2 Å². The summed E-state index contributed by atoms with van der Waals surface area (Å²) >= 11 is 6.43. The lowest BCUT2D eigenvalue weighted by molar-refractivity contribution is -0.138. The Morgan fingerprint density at radius 1 is 1.11 bits per heavy atom. The number of halogens is 4. The molecule has 2 N–H and O–H groups in total. The first-order valence-electron chi connectivity index (χ1n) is 14.2. The van der Waals surface area contributed by atoms with Crippen LogP contribution in [-0.4, -0.2) is 72.0 Å². The second kappa shape index (κ2) is 13.0. The molecule has 1 amide bonds. The van der Waals surface area contributed by atoms with Gasteiger partial charge < -0.3 is 19.9 Å². The van der Waals surface area contributed by atoms with E-state index in [0.29, 0.717) is 47.5 Å². The smallest absolute Gasteiger partial charge is 0.416 e. The van der Waals surface area contributed by atoms with Crippen molar-refractivity contribution in [3.8, 4) is 0 Å². The third-order valence-corrected chi connectivity index (χ3v) is 8.34. The predicted octanol–water partition coefficient (Wildman–Crippen LogP) is 6.20. The van der Waals surface area contributed by atoms with Gasteiger partial charge in [0.2, 0.25) is 0 Å². The van der Waals surface area contributed by atoms with Crippen LogP contribution in [0.5, 0.6) is 0 Å². The number of rotatable bonds is 9. The number of amides is 1. The number of nitrogens with one attached hydrogen (secondary N) is 2. The molecule has 5 rings (SSSR count). The number of pyridine rings is 1. The number of alkyl halides is 3. The van der Waals surface area contributed by atoms with Crippen molar-refractivity contribution in [2.75, 3.05) is 39.6 Å².